The van der Waals surface area contributed by atoms with Crippen LogP contribution in [0, 0.1) is 12.8 Å². The molecule has 0 spiro atoms. The fourth-order valence-corrected chi connectivity index (χ4v) is 2.93. The van der Waals surface area contributed by atoms with Crippen LogP contribution >= 0.6 is 0 Å². The quantitative estimate of drug-likeness (QED) is 0.929. The van der Waals surface area contributed by atoms with Gasteiger partial charge in [0.1, 0.15) is 0 Å². The molecule has 0 unspecified atom stereocenters. The predicted octanol–water partition coefficient (Wildman–Crippen LogP) is 2.03. The molecule has 1 aliphatic rings. The summed E-state index contributed by atoms with van der Waals surface area (Å²) in [6, 6.07) is 2.17. The van der Waals surface area contributed by atoms with Crippen LogP contribution in [0.2, 0.25) is 0 Å². The summed E-state index contributed by atoms with van der Waals surface area (Å²) in [7, 11) is 4.14. The van der Waals surface area contributed by atoms with E-state index in [9.17, 15) is 0 Å². The molecule has 3 rings (SSSR count). The minimum absolute atomic E-state index is 0.775. The molecule has 0 saturated carbocycles. The predicted molar refractivity (Wildman–Crippen MR) is 82.0 cm³/mol. The van der Waals surface area contributed by atoms with E-state index in [0.717, 1.165) is 34.9 Å². The minimum Gasteiger partial charge on any atom is -0.384 e. The van der Waals surface area contributed by atoms with Gasteiger partial charge in [-0.15, -0.1) is 0 Å². The van der Waals surface area contributed by atoms with Gasteiger partial charge in [0.15, 0.2) is 5.65 Å². The summed E-state index contributed by atoms with van der Waals surface area (Å²) in [6.07, 6.45) is 4.48. The van der Waals surface area contributed by atoms with Gasteiger partial charge in [-0.25, -0.2) is 4.98 Å². The van der Waals surface area contributed by atoms with Crippen molar-refractivity contribution in [2.24, 2.45) is 13.0 Å². The highest BCUT2D eigenvalue weighted by Gasteiger charge is 2.16. The molecule has 5 nitrogen and oxygen atoms in total. The lowest BCUT2D eigenvalue weighted by molar-refractivity contribution is 0.226. The Morgan fingerprint density at radius 1 is 1.30 bits per heavy atom. The molecule has 1 N–H and O–H groups in total. The summed E-state index contributed by atoms with van der Waals surface area (Å²) in [5, 5.41) is 9.09. The summed E-state index contributed by atoms with van der Waals surface area (Å²) in [4.78, 5) is 6.91. The van der Waals surface area contributed by atoms with Gasteiger partial charge in [0.2, 0.25) is 0 Å². The maximum Gasteiger partial charge on any atom is 0.157 e. The van der Waals surface area contributed by atoms with E-state index in [-0.39, 0.29) is 0 Å². The molecule has 1 fully saturated rings. The second-order valence-electron chi connectivity index (χ2n) is 5.93. The maximum atomic E-state index is 4.51. The van der Waals surface area contributed by atoms with Gasteiger partial charge in [-0.1, -0.05) is 0 Å². The molecule has 0 amide bonds. The van der Waals surface area contributed by atoms with Crippen molar-refractivity contribution in [1.29, 1.82) is 0 Å². The first-order chi connectivity index (χ1) is 9.63. The zero-order valence-electron chi connectivity index (χ0n) is 12.6. The van der Waals surface area contributed by atoms with Crippen LogP contribution in [0.25, 0.3) is 11.0 Å². The molecule has 0 aliphatic carbocycles. The van der Waals surface area contributed by atoms with Crippen molar-refractivity contribution in [2.45, 2.75) is 19.8 Å². The van der Waals surface area contributed by atoms with Crippen molar-refractivity contribution in [3.05, 3.63) is 18.0 Å². The highest BCUT2D eigenvalue weighted by Crippen LogP contribution is 2.21. The summed E-state index contributed by atoms with van der Waals surface area (Å²) >= 11 is 0. The highest BCUT2D eigenvalue weighted by atomic mass is 15.3. The Morgan fingerprint density at radius 3 is 2.80 bits per heavy atom. The van der Waals surface area contributed by atoms with Gasteiger partial charge >= 0.3 is 0 Å². The smallest absolute Gasteiger partial charge is 0.157 e. The van der Waals surface area contributed by atoms with Crippen LogP contribution in [0.4, 0.5) is 5.69 Å². The van der Waals surface area contributed by atoms with Crippen molar-refractivity contribution < 1.29 is 0 Å². The number of rotatable bonds is 3. The molecule has 108 valence electrons. The van der Waals surface area contributed by atoms with E-state index in [1.807, 2.05) is 24.9 Å². The van der Waals surface area contributed by atoms with Crippen molar-refractivity contribution >= 4 is 16.7 Å². The number of anilines is 1. The third-order valence-electron chi connectivity index (χ3n) is 4.30. The number of hydrogen-bond donors (Lipinski definition) is 1. The van der Waals surface area contributed by atoms with E-state index >= 15 is 0 Å². The van der Waals surface area contributed by atoms with Gasteiger partial charge < -0.3 is 10.2 Å². The first kappa shape index (κ1) is 13.4. The molecule has 0 radical (unpaired) electrons. The summed E-state index contributed by atoms with van der Waals surface area (Å²) in [5.74, 6) is 0.775. The molecule has 2 aromatic heterocycles. The van der Waals surface area contributed by atoms with Crippen LogP contribution in [-0.2, 0) is 7.05 Å². The summed E-state index contributed by atoms with van der Waals surface area (Å²) in [5.41, 5.74) is 3.10. The second kappa shape index (κ2) is 5.40. The molecule has 5 heteroatoms. The largest absolute Gasteiger partial charge is 0.384 e. The van der Waals surface area contributed by atoms with E-state index < -0.39 is 0 Å². The average molecular weight is 273 g/mol. The average Bonchev–Trinajstić information content (AvgIpc) is 2.73. The highest BCUT2D eigenvalue weighted by molar-refractivity contribution is 5.81. The fourth-order valence-electron chi connectivity index (χ4n) is 2.93. The standard InChI is InChI=1S/C15H23N5/c1-11-14-8-13(10-17-15(14)20(3)18-11)16-9-12-4-6-19(2)7-5-12/h8,10,12,16H,4-7,9H2,1-3H3. The lowest BCUT2D eigenvalue weighted by Crippen LogP contribution is -2.32. The fraction of sp³-hybridized carbons (Fsp3) is 0.600. The van der Waals surface area contributed by atoms with Gasteiger partial charge in [0.05, 0.1) is 17.6 Å². The maximum absolute atomic E-state index is 4.51. The van der Waals surface area contributed by atoms with E-state index in [2.05, 4.69) is 33.4 Å². The molecular weight excluding hydrogens is 250 g/mol. The van der Waals surface area contributed by atoms with Crippen molar-refractivity contribution in [3.63, 3.8) is 0 Å². The van der Waals surface area contributed by atoms with E-state index in [1.54, 1.807) is 0 Å². The van der Waals surface area contributed by atoms with Crippen molar-refractivity contribution in [2.75, 3.05) is 32.0 Å². The number of nitrogens with zero attached hydrogens (tertiary/aromatic N) is 4. The number of pyridine rings is 1. The number of piperidine rings is 1. The number of aromatic nitrogens is 3. The van der Waals surface area contributed by atoms with E-state index in [0.29, 0.717) is 0 Å². The van der Waals surface area contributed by atoms with Crippen LogP contribution in [-0.4, -0.2) is 46.3 Å². The van der Waals surface area contributed by atoms with Crippen LogP contribution in [0.5, 0.6) is 0 Å². The van der Waals surface area contributed by atoms with Gasteiger partial charge in [-0.3, -0.25) is 4.68 Å². The first-order valence-electron chi connectivity index (χ1n) is 7.35. The lowest BCUT2D eigenvalue weighted by atomic mass is 9.97. The molecule has 1 saturated heterocycles. The van der Waals surface area contributed by atoms with Gasteiger partial charge in [0.25, 0.3) is 0 Å². The Balaban J connectivity index is 1.67. The summed E-state index contributed by atoms with van der Waals surface area (Å²) in [6.45, 7) is 5.50. The lowest BCUT2D eigenvalue weighted by Gasteiger charge is -2.29. The minimum atomic E-state index is 0.775. The molecule has 2 aromatic rings. The van der Waals surface area contributed by atoms with Gasteiger partial charge in [0, 0.05) is 19.0 Å². The number of hydrogen-bond acceptors (Lipinski definition) is 4. The Morgan fingerprint density at radius 2 is 2.05 bits per heavy atom. The normalized spacial score (nSPS) is 17.8. The molecule has 0 bridgehead atoms. The second-order valence-corrected chi connectivity index (χ2v) is 5.93. The van der Waals surface area contributed by atoms with Crippen molar-refractivity contribution in [1.82, 2.24) is 19.7 Å². The number of likely N-dealkylation sites (tertiary alicyclic amines) is 1. The van der Waals surface area contributed by atoms with Gasteiger partial charge in [-0.2, -0.15) is 5.10 Å². The van der Waals surface area contributed by atoms with Crippen molar-refractivity contribution in [3.8, 4) is 0 Å². The molecule has 20 heavy (non-hydrogen) atoms. The Bertz CT molecular complexity index is 596. The molecule has 3 heterocycles. The Kier molecular flexibility index (Phi) is 3.61. The zero-order chi connectivity index (χ0) is 14.1. The third-order valence-corrected chi connectivity index (χ3v) is 4.30. The van der Waals surface area contributed by atoms with Gasteiger partial charge in [-0.05, 0) is 51.9 Å². The monoisotopic (exact) mass is 273 g/mol. The van der Waals surface area contributed by atoms with E-state index in [4.69, 9.17) is 0 Å². The van der Waals surface area contributed by atoms with Crippen LogP contribution in [0.3, 0.4) is 0 Å². The van der Waals surface area contributed by atoms with E-state index in [1.165, 1.54) is 25.9 Å². The van der Waals surface area contributed by atoms with Crippen LogP contribution in [0.1, 0.15) is 18.5 Å². The third kappa shape index (κ3) is 2.63. The number of aryl methyl sites for hydroxylation is 2. The number of nitrogens with one attached hydrogen (secondary N) is 1. The Labute approximate surface area is 120 Å². The number of fused-ring (bicyclic) bond motifs is 1. The Hall–Kier alpha value is -1.62. The molecule has 0 atom stereocenters. The van der Waals surface area contributed by atoms with Crippen LogP contribution < -0.4 is 5.32 Å². The SMILES string of the molecule is Cc1nn(C)c2ncc(NCC3CCN(C)CC3)cc12. The first-order valence-corrected chi connectivity index (χ1v) is 7.35. The topological polar surface area (TPSA) is 46.0 Å². The molecular formula is C15H23N5. The summed E-state index contributed by atoms with van der Waals surface area (Å²) < 4.78 is 1.84. The van der Waals surface area contributed by atoms with Crippen LogP contribution in [0.15, 0.2) is 12.3 Å². The zero-order valence-corrected chi connectivity index (χ0v) is 12.6. The molecule has 0 aromatic carbocycles. The molecule has 1 aliphatic heterocycles.